The van der Waals surface area contributed by atoms with Crippen molar-refractivity contribution in [3.63, 3.8) is 0 Å². The van der Waals surface area contributed by atoms with Gasteiger partial charge in [-0.25, -0.2) is 4.98 Å². The number of rotatable bonds is 3. The minimum absolute atomic E-state index is 0.247. The number of nitrogens with zero attached hydrogens (tertiary/aromatic N) is 1. The highest BCUT2D eigenvalue weighted by Gasteiger charge is 2.06. The minimum Gasteiger partial charge on any atom is -0.340 e. The number of aliphatic imine (C=N–C) groups is 1. The van der Waals surface area contributed by atoms with Crippen LogP contribution in [0.2, 0.25) is 0 Å². The van der Waals surface area contributed by atoms with E-state index in [0.717, 1.165) is 17.1 Å². The third-order valence-corrected chi connectivity index (χ3v) is 2.40. The first-order chi connectivity index (χ1) is 8.75. The molecule has 0 radical (unpaired) electrons. The second kappa shape index (κ2) is 5.96. The molecule has 18 heavy (non-hydrogen) atoms. The van der Waals surface area contributed by atoms with E-state index < -0.39 is 0 Å². The Morgan fingerprint density at radius 3 is 2.50 bits per heavy atom. The monoisotopic (exact) mass is 240 g/mol. The molecule has 2 N–H and O–H groups in total. The molecule has 0 atom stereocenters. The average molecular weight is 240 g/mol. The fraction of sp³-hybridized carbons (Fsp3) is 0.200. The number of nitrogens with one attached hydrogen (secondary N) is 2. The van der Waals surface area contributed by atoms with Gasteiger partial charge in [0, 0.05) is 17.8 Å². The Morgan fingerprint density at radius 2 is 1.89 bits per heavy atom. The number of amidine groups is 1. The van der Waals surface area contributed by atoms with E-state index in [1.54, 1.807) is 0 Å². The lowest BCUT2D eigenvalue weighted by Gasteiger charge is -2.10. The summed E-state index contributed by atoms with van der Waals surface area (Å²) < 4.78 is 0. The molecule has 0 saturated carbocycles. The summed E-state index contributed by atoms with van der Waals surface area (Å²) in [5.74, 6) is 0.882. The molecule has 0 fully saturated rings. The Labute approximate surface area is 108 Å². The SMILES string of the molecule is CC(C)N=C(Nc1ccccc1)c1ccc[nH+]c1. The van der Waals surface area contributed by atoms with Crippen LogP contribution in [0, 0.1) is 0 Å². The third kappa shape index (κ3) is 3.42. The molecule has 0 amide bonds. The molecule has 0 aliphatic rings. The van der Waals surface area contributed by atoms with Crippen LogP contribution < -0.4 is 10.3 Å². The Bertz CT molecular complexity index is 504. The van der Waals surface area contributed by atoms with Gasteiger partial charge < -0.3 is 5.32 Å². The number of aromatic amines is 1. The Hall–Kier alpha value is -2.16. The van der Waals surface area contributed by atoms with Crippen LogP contribution in [0.1, 0.15) is 19.4 Å². The molecule has 0 saturated heterocycles. The highest BCUT2D eigenvalue weighted by atomic mass is 15.0. The van der Waals surface area contributed by atoms with Gasteiger partial charge in [0.05, 0.1) is 5.56 Å². The normalized spacial score (nSPS) is 11.6. The predicted octanol–water partition coefficient (Wildman–Crippen LogP) is 2.77. The van der Waals surface area contributed by atoms with Crippen LogP contribution >= 0.6 is 0 Å². The standard InChI is InChI=1S/C15H17N3/c1-12(2)17-15(13-7-6-10-16-11-13)18-14-8-4-3-5-9-14/h3-12H,1-2H3,(H,17,18)/p+1. The maximum Gasteiger partial charge on any atom is 0.178 e. The Kier molecular flexibility index (Phi) is 4.07. The minimum atomic E-state index is 0.247. The van der Waals surface area contributed by atoms with Crippen LogP contribution in [-0.4, -0.2) is 11.9 Å². The van der Waals surface area contributed by atoms with Gasteiger partial charge in [-0.1, -0.05) is 18.2 Å². The number of benzene rings is 1. The van der Waals surface area contributed by atoms with E-state index in [0.29, 0.717) is 0 Å². The average Bonchev–Trinajstić information content (AvgIpc) is 2.40. The lowest BCUT2D eigenvalue weighted by atomic mass is 10.2. The van der Waals surface area contributed by atoms with Gasteiger partial charge in [0.25, 0.3) is 0 Å². The molecule has 3 heteroatoms. The summed E-state index contributed by atoms with van der Waals surface area (Å²) in [5, 5.41) is 3.36. The van der Waals surface area contributed by atoms with Crippen LogP contribution in [0.4, 0.5) is 5.69 Å². The van der Waals surface area contributed by atoms with Crippen LogP contribution in [0.3, 0.4) is 0 Å². The first-order valence-electron chi connectivity index (χ1n) is 6.12. The molecule has 2 aromatic rings. The third-order valence-electron chi connectivity index (χ3n) is 2.40. The van der Waals surface area contributed by atoms with E-state index in [1.807, 2.05) is 54.9 Å². The van der Waals surface area contributed by atoms with Crippen molar-refractivity contribution >= 4 is 11.5 Å². The molecular weight excluding hydrogens is 222 g/mol. The lowest BCUT2D eigenvalue weighted by molar-refractivity contribution is -0.378. The number of pyridine rings is 1. The lowest BCUT2D eigenvalue weighted by Crippen LogP contribution is -2.18. The summed E-state index contributed by atoms with van der Waals surface area (Å²) in [6.07, 6.45) is 3.83. The highest BCUT2D eigenvalue weighted by Crippen LogP contribution is 2.09. The van der Waals surface area contributed by atoms with Gasteiger partial charge in [-0.2, -0.15) is 0 Å². The topological polar surface area (TPSA) is 38.5 Å². The van der Waals surface area contributed by atoms with Crippen LogP contribution in [0.25, 0.3) is 0 Å². The smallest absolute Gasteiger partial charge is 0.178 e. The zero-order valence-corrected chi connectivity index (χ0v) is 10.7. The number of H-pyrrole nitrogens is 1. The van der Waals surface area contributed by atoms with Crippen molar-refractivity contribution in [2.45, 2.75) is 19.9 Å². The second-order valence-corrected chi connectivity index (χ2v) is 4.35. The highest BCUT2D eigenvalue weighted by molar-refractivity contribution is 6.07. The molecular formula is C15H18N3+. The summed E-state index contributed by atoms with van der Waals surface area (Å²) >= 11 is 0. The first-order valence-corrected chi connectivity index (χ1v) is 6.12. The fourth-order valence-corrected chi connectivity index (χ4v) is 1.64. The van der Waals surface area contributed by atoms with E-state index in [2.05, 4.69) is 29.1 Å². The molecule has 1 heterocycles. The van der Waals surface area contributed by atoms with E-state index in [1.165, 1.54) is 0 Å². The quantitative estimate of drug-likeness (QED) is 0.650. The largest absolute Gasteiger partial charge is 0.340 e. The number of hydrogen-bond donors (Lipinski definition) is 1. The predicted molar refractivity (Wildman–Crippen MR) is 74.7 cm³/mol. The molecule has 1 aromatic heterocycles. The number of anilines is 1. The maximum absolute atomic E-state index is 4.63. The Balaban J connectivity index is 2.28. The van der Waals surface area contributed by atoms with Crippen molar-refractivity contribution in [3.05, 3.63) is 60.4 Å². The van der Waals surface area contributed by atoms with Crippen LogP contribution in [0.5, 0.6) is 0 Å². The molecule has 0 aliphatic heterocycles. The summed E-state index contributed by atoms with van der Waals surface area (Å²) in [6, 6.07) is 14.3. The van der Waals surface area contributed by atoms with Crippen molar-refractivity contribution in [1.82, 2.24) is 0 Å². The van der Waals surface area contributed by atoms with E-state index >= 15 is 0 Å². The molecule has 0 aliphatic carbocycles. The number of hydrogen-bond acceptors (Lipinski definition) is 1. The molecule has 3 nitrogen and oxygen atoms in total. The van der Waals surface area contributed by atoms with E-state index in [4.69, 9.17) is 0 Å². The molecule has 0 bridgehead atoms. The van der Waals surface area contributed by atoms with Gasteiger partial charge in [-0.15, -0.1) is 0 Å². The zero-order chi connectivity index (χ0) is 12.8. The summed E-state index contributed by atoms with van der Waals surface area (Å²) in [7, 11) is 0. The van der Waals surface area contributed by atoms with E-state index in [-0.39, 0.29) is 6.04 Å². The van der Waals surface area contributed by atoms with Crippen molar-refractivity contribution in [2.75, 3.05) is 5.32 Å². The number of para-hydroxylation sites is 1. The van der Waals surface area contributed by atoms with Crippen molar-refractivity contribution < 1.29 is 4.98 Å². The first kappa shape index (κ1) is 12.3. The summed E-state index contributed by atoms with van der Waals surface area (Å²) in [4.78, 5) is 7.71. The maximum atomic E-state index is 4.63. The van der Waals surface area contributed by atoms with Gasteiger partial charge in [0.2, 0.25) is 0 Å². The van der Waals surface area contributed by atoms with Crippen molar-refractivity contribution in [1.29, 1.82) is 0 Å². The second-order valence-electron chi connectivity index (χ2n) is 4.35. The molecule has 1 aromatic carbocycles. The summed E-state index contributed by atoms with van der Waals surface area (Å²) in [6.45, 7) is 4.14. The van der Waals surface area contributed by atoms with Crippen molar-refractivity contribution in [2.24, 2.45) is 4.99 Å². The van der Waals surface area contributed by atoms with Gasteiger partial charge in [0.15, 0.2) is 12.4 Å². The Morgan fingerprint density at radius 1 is 1.11 bits per heavy atom. The molecule has 2 rings (SSSR count). The van der Waals surface area contributed by atoms with Crippen LogP contribution in [0.15, 0.2) is 59.9 Å². The zero-order valence-electron chi connectivity index (χ0n) is 10.7. The van der Waals surface area contributed by atoms with Crippen molar-refractivity contribution in [3.8, 4) is 0 Å². The van der Waals surface area contributed by atoms with Crippen LogP contribution in [-0.2, 0) is 0 Å². The van der Waals surface area contributed by atoms with Gasteiger partial charge in [-0.3, -0.25) is 4.99 Å². The molecule has 0 unspecified atom stereocenters. The fourth-order valence-electron chi connectivity index (χ4n) is 1.64. The van der Waals surface area contributed by atoms with Gasteiger partial charge >= 0.3 is 0 Å². The van der Waals surface area contributed by atoms with E-state index in [9.17, 15) is 0 Å². The molecule has 0 spiro atoms. The molecule has 92 valence electrons. The summed E-state index contributed by atoms with van der Waals surface area (Å²) in [5.41, 5.74) is 2.09. The van der Waals surface area contributed by atoms with Gasteiger partial charge in [-0.05, 0) is 32.0 Å². The number of aromatic nitrogens is 1. The van der Waals surface area contributed by atoms with Gasteiger partial charge in [0.1, 0.15) is 5.84 Å².